The highest BCUT2D eigenvalue weighted by atomic mass is 14.0. The summed E-state index contributed by atoms with van der Waals surface area (Å²) in [6.45, 7) is 15.3. The van der Waals surface area contributed by atoms with Gasteiger partial charge in [0.2, 0.25) is 0 Å². The Hall–Kier alpha value is -0.780. The van der Waals surface area contributed by atoms with E-state index in [1.807, 2.05) is 13.8 Å². The van der Waals surface area contributed by atoms with Crippen LogP contribution in [0.3, 0.4) is 0 Å². The van der Waals surface area contributed by atoms with Gasteiger partial charge in [-0.2, -0.15) is 0 Å². The van der Waals surface area contributed by atoms with Crippen LogP contribution in [0.15, 0.2) is 30.3 Å². The third-order valence-electron chi connectivity index (χ3n) is 2.72. The molecular weight excluding hydrogens is 228 g/mol. The van der Waals surface area contributed by atoms with Gasteiger partial charge in [-0.25, -0.2) is 0 Å². The van der Waals surface area contributed by atoms with E-state index in [1.54, 1.807) is 0 Å². The van der Waals surface area contributed by atoms with E-state index in [4.69, 9.17) is 0 Å². The average molecular weight is 264 g/mol. The lowest BCUT2D eigenvalue weighted by molar-refractivity contribution is 0.576. The van der Waals surface area contributed by atoms with Crippen LogP contribution >= 0.6 is 0 Å². The second kappa shape index (κ2) is 15.3. The Morgan fingerprint density at radius 1 is 0.789 bits per heavy atom. The zero-order valence-corrected chi connectivity index (χ0v) is 14.4. The third kappa shape index (κ3) is 17.2. The van der Waals surface area contributed by atoms with E-state index < -0.39 is 0 Å². The summed E-state index contributed by atoms with van der Waals surface area (Å²) in [7, 11) is 0. The Bertz CT molecular complexity index is 246. The van der Waals surface area contributed by atoms with Gasteiger partial charge in [-0.05, 0) is 30.2 Å². The van der Waals surface area contributed by atoms with E-state index in [0.717, 1.165) is 11.8 Å². The molecule has 0 heteroatoms. The molecule has 1 rings (SSSR count). The van der Waals surface area contributed by atoms with Gasteiger partial charge in [0.1, 0.15) is 0 Å². The van der Waals surface area contributed by atoms with Gasteiger partial charge in [0.05, 0.1) is 0 Å². The fourth-order valence-corrected chi connectivity index (χ4v) is 1.68. The summed E-state index contributed by atoms with van der Waals surface area (Å²) in [4.78, 5) is 0. The van der Waals surface area contributed by atoms with Crippen molar-refractivity contribution in [3.05, 3.63) is 35.9 Å². The van der Waals surface area contributed by atoms with Crippen LogP contribution in [-0.2, 0) is 6.42 Å². The zero-order valence-electron chi connectivity index (χ0n) is 14.4. The minimum absolute atomic E-state index is 0.815. The minimum atomic E-state index is 0.815. The van der Waals surface area contributed by atoms with Gasteiger partial charge in [-0.15, -0.1) is 0 Å². The topological polar surface area (TPSA) is 0 Å². The number of hydrogen-bond donors (Lipinski definition) is 0. The number of rotatable bonds is 5. The molecule has 0 atom stereocenters. The molecule has 0 N–H and O–H groups in total. The predicted octanol–water partition coefficient (Wildman–Crippen LogP) is 6.74. The third-order valence-corrected chi connectivity index (χ3v) is 2.72. The van der Waals surface area contributed by atoms with E-state index in [-0.39, 0.29) is 0 Å². The largest absolute Gasteiger partial charge is 0.0683 e. The van der Waals surface area contributed by atoms with E-state index in [1.165, 1.54) is 31.2 Å². The van der Waals surface area contributed by atoms with Crippen molar-refractivity contribution in [2.45, 2.75) is 74.1 Å². The van der Waals surface area contributed by atoms with Crippen molar-refractivity contribution in [1.29, 1.82) is 0 Å². The Morgan fingerprint density at radius 3 is 1.58 bits per heavy atom. The van der Waals surface area contributed by atoms with Gasteiger partial charge in [0.25, 0.3) is 0 Å². The molecule has 0 aliphatic heterocycles. The van der Waals surface area contributed by atoms with Gasteiger partial charge in [0.15, 0.2) is 0 Å². The molecule has 0 saturated heterocycles. The highest BCUT2D eigenvalue weighted by Crippen LogP contribution is 2.07. The predicted molar refractivity (Wildman–Crippen MR) is 90.7 cm³/mol. The molecule has 0 aliphatic carbocycles. The quantitative estimate of drug-likeness (QED) is 0.552. The molecule has 0 aromatic heterocycles. The second-order valence-corrected chi connectivity index (χ2v) is 5.60. The average Bonchev–Trinajstić information content (AvgIpc) is 2.40. The molecule has 0 fully saturated rings. The first kappa shape index (κ1) is 20.5. The van der Waals surface area contributed by atoms with Crippen LogP contribution in [0.2, 0.25) is 0 Å². The summed E-state index contributed by atoms with van der Waals surface area (Å²) >= 11 is 0. The molecule has 0 unspecified atom stereocenters. The highest BCUT2D eigenvalue weighted by Gasteiger charge is 1.94. The second-order valence-electron chi connectivity index (χ2n) is 5.60. The van der Waals surface area contributed by atoms with Gasteiger partial charge in [-0.3, -0.25) is 0 Å². The summed E-state index contributed by atoms with van der Waals surface area (Å²) < 4.78 is 0. The van der Waals surface area contributed by atoms with Gasteiger partial charge >= 0.3 is 0 Å². The minimum Gasteiger partial charge on any atom is -0.0683 e. The lowest BCUT2D eigenvalue weighted by Crippen LogP contribution is -1.91. The molecule has 1 aromatic carbocycles. The van der Waals surface area contributed by atoms with Crippen LogP contribution in [0.5, 0.6) is 0 Å². The molecule has 0 bridgehead atoms. The van der Waals surface area contributed by atoms with E-state index in [0.29, 0.717) is 0 Å². The molecule has 0 amide bonds. The van der Waals surface area contributed by atoms with Gasteiger partial charge in [0, 0.05) is 0 Å². The first-order valence-corrected chi connectivity index (χ1v) is 8.10. The smallest absolute Gasteiger partial charge is 0.0276 e. The van der Waals surface area contributed by atoms with Crippen LogP contribution in [0.25, 0.3) is 0 Å². The summed E-state index contributed by atoms with van der Waals surface area (Å²) in [5.74, 6) is 1.71. The fraction of sp³-hybridized carbons (Fsp3) is 0.684. The maximum atomic E-state index is 2.27. The summed E-state index contributed by atoms with van der Waals surface area (Å²) in [5, 5.41) is 0. The van der Waals surface area contributed by atoms with Crippen molar-refractivity contribution in [3.63, 3.8) is 0 Å². The monoisotopic (exact) mass is 264 g/mol. The van der Waals surface area contributed by atoms with Crippen LogP contribution in [0, 0.1) is 11.8 Å². The summed E-state index contributed by atoms with van der Waals surface area (Å²) in [6, 6.07) is 10.7. The maximum Gasteiger partial charge on any atom is -0.0276 e. The number of aryl methyl sites for hydroxylation is 1. The van der Waals surface area contributed by atoms with Gasteiger partial charge < -0.3 is 0 Å². The zero-order chi connectivity index (χ0) is 15.1. The maximum absolute atomic E-state index is 2.27. The lowest BCUT2D eigenvalue weighted by atomic mass is 10.0. The molecule has 1 aromatic rings. The van der Waals surface area contributed by atoms with Crippen molar-refractivity contribution >= 4 is 0 Å². The van der Waals surface area contributed by atoms with Crippen molar-refractivity contribution in [2.75, 3.05) is 0 Å². The Labute approximate surface area is 122 Å². The lowest BCUT2D eigenvalue weighted by Gasteiger charge is -2.03. The van der Waals surface area contributed by atoms with Crippen molar-refractivity contribution < 1.29 is 0 Å². The molecule has 0 nitrogen and oxygen atoms in total. The Morgan fingerprint density at radius 2 is 1.26 bits per heavy atom. The SMILES string of the molecule is CC.CC(C)CCc1ccccc1.CCCC(C)C. The van der Waals surface area contributed by atoms with Crippen molar-refractivity contribution in [2.24, 2.45) is 11.8 Å². The molecule has 0 saturated carbocycles. The highest BCUT2D eigenvalue weighted by molar-refractivity contribution is 5.14. The first-order valence-electron chi connectivity index (χ1n) is 8.10. The Balaban J connectivity index is 0. The molecule has 0 spiro atoms. The van der Waals surface area contributed by atoms with E-state index in [9.17, 15) is 0 Å². The van der Waals surface area contributed by atoms with Crippen molar-refractivity contribution in [1.82, 2.24) is 0 Å². The van der Waals surface area contributed by atoms with Crippen LogP contribution in [-0.4, -0.2) is 0 Å². The van der Waals surface area contributed by atoms with E-state index >= 15 is 0 Å². The molecule has 0 heterocycles. The normalized spacial score (nSPS) is 9.53. The fourth-order valence-electron chi connectivity index (χ4n) is 1.68. The number of hydrogen-bond acceptors (Lipinski definition) is 0. The molecule has 19 heavy (non-hydrogen) atoms. The van der Waals surface area contributed by atoms with E-state index in [2.05, 4.69) is 65.0 Å². The van der Waals surface area contributed by atoms with Gasteiger partial charge in [-0.1, -0.05) is 91.6 Å². The summed E-state index contributed by atoms with van der Waals surface area (Å²) in [6.07, 6.45) is 5.22. The summed E-state index contributed by atoms with van der Waals surface area (Å²) in [5.41, 5.74) is 1.46. The molecule has 0 aliphatic rings. The molecular formula is C19H36. The van der Waals surface area contributed by atoms with Crippen LogP contribution < -0.4 is 0 Å². The Kier molecular flexibility index (Phi) is 16.5. The van der Waals surface area contributed by atoms with Crippen molar-refractivity contribution in [3.8, 4) is 0 Å². The molecule has 0 radical (unpaired) electrons. The number of benzene rings is 1. The van der Waals surface area contributed by atoms with Crippen LogP contribution in [0.4, 0.5) is 0 Å². The standard InChI is InChI=1S/C11H16.C6H14.C2H6/c1-10(2)8-9-11-6-4-3-5-7-11;1-4-5-6(2)3;1-2/h3-7,10H,8-9H2,1-2H3;6H,4-5H2,1-3H3;1-2H3. The van der Waals surface area contributed by atoms with Crippen LogP contribution in [0.1, 0.15) is 73.3 Å². The molecule has 112 valence electrons. The first-order chi connectivity index (χ1) is 9.06.